The Bertz CT molecular complexity index is 349. The molecule has 1 aliphatic heterocycles. The maximum atomic E-state index is 12.0. The Kier molecular flexibility index (Phi) is 4.14. The van der Waals surface area contributed by atoms with Crippen LogP contribution in [0.5, 0.6) is 0 Å². The van der Waals surface area contributed by atoms with E-state index in [1.54, 1.807) is 10.9 Å². The van der Waals surface area contributed by atoms with Gasteiger partial charge in [0.25, 0.3) is 0 Å². The lowest BCUT2D eigenvalue weighted by atomic mass is 10.1. The van der Waals surface area contributed by atoms with Gasteiger partial charge >= 0.3 is 0 Å². The summed E-state index contributed by atoms with van der Waals surface area (Å²) >= 11 is 0. The highest BCUT2D eigenvalue weighted by Crippen LogP contribution is 2.11. The molecular formula is C12H20N4O. The smallest absolute Gasteiger partial charge is 0.224 e. The van der Waals surface area contributed by atoms with Gasteiger partial charge in [0, 0.05) is 44.5 Å². The van der Waals surface area contributed by atoms with Crippen LogP contribution in [0.3, 0.4) is 0 Å². The number of amides is 1. The van der Waals surface area contributed by atoms with Crippen molar-refractivity contribution in [3.05, 3.63) is 18.5 Å². The molecule has 2 heterocycles. The van der Waals surface area contributed by atoms with Gasteiger partial charge in [0.15, 0.2) is 0 Å². The Hall–Kier alpha value is -1.36. The van der Waals surface area contributed by atoms with Gasteiger partial charge in [-0.15, -0.1) is 0 Å². The number of nitrogens with zero attached hydrogens (tertiary/aromatic N) is 3. The SMILES string of the molecule is CN[C@@H]1CCCN(C(=O)CCn2cccn2)C1. The van der Waals surface area contributed by atoms with E-state index in [-0.39, 0.29) is 5.91 Å². The van der Waals surface area contributed by atoms with Crippen LogP contribution in [-0.4, -0.2) is 46.8 Å². The van der Waals surface area contributed by atoms with Crippen LogP contribution < -0.4 is 5.32 Å². The second-order valence-electron chi connectivity index (χ2n) is 4.49. The predicted octanol–water partition coefficient (Wildman–Crippen LogP) is 0.484. The third-order valence-electron chi connectivity index (χ3n) is 3.30. The lowest BCUT2D eigenvalue weighted by molar-refractivity contribution is -0.132. The van der Waals surface area contributed by atoms with Crippen molar-refractivity contribution in [2.45, 2.75) is 31.8 Å². The van der Waals surface area contributed by atoms with Crippen molar-refractivity contribution in [3.63, 3.8) is 0 Å². The van der Waals surface area contributed by atoms with E-state index in [2.05, 4.69) is 10.4 Å². The summed E-state index contributed by atoms with van der Waals surface area (Å²) < 4.78 is 1.80. The van der Waals surface area contributed by atoms with Crippen LogP contribution in [0.25, 0.3) is 0 Å². The van der Waals surface area contributed by atoms with E-state index in [9.17, 15) is 4.79 Å². The number of likely N-dealkylation sites (tertiary alicyclic amines) is 1. The van der Waals surface area contributed by atoms with Gasteiger partial charge < -0.3 is 10.2 Å². The minimum absolute atomic E-state index is 0.237. The Morgan fingerprint density at radius 3 is 3.18 bits per heavy atom. The minimum atomic E-state index is 0.237. The molecule has 1 aromatic heterocycles. The average molecular weight is 236 g/mol. The Balaban J connectivity index is 1.79. The van der Waals surface area contributed by atoms with Gasteiger partial charge in [-0.05, 0) is 26.0 Å². The summed E-state index contributed by atoms with van der Waals surface area (Å²) in [5, 5.41) is 7.35. The molecule has 0 aliphatic carbocycles. The van der Waals surface area contributed by atoms with Crippen LogP contribution in [0.2, 0.25) is 0 Å². The molecule has 0 bridgehead atoms. The fourth-order valence-electron chi connectivity index (χ4n) is 2.24. The summed E-state index contributed by atoms with van der Waals surface area (Å²) in [6.07, 6.45) is 6.43. The zero-order valence-corrected chi connectivity index (χ0v) is 10.3. The van der Waals surface area contributed by atoms with Crippen molar-refractivity contribution in [2.24, 2.45) is 0 Å². The van der Waals surface area contributed by atoms with Crippen LogP contribution in [0, 0.1) is 0 Å². The van der Waals surface area contributed by atoms with Crippen molar-refractivity contribution in [3.8, 4) is 0 Å². The van der Waals surface area contributed by atoms with Crippen LogP contribution in [0.15, 0.2) is 18.5 Å². The molecule has 2 rings (SSSR count). The maximum Gasteiger partial charge on any atom is 0.224 e. The highest BCUT2D eigenvalue weighted by Gasteiger charge is 2.21. The molecule has 1 aliphatic rings. The van der Waals surface area contributed by atoms with Crippen LogP contribution in [0.4, 0.5) is 0 Å². The lowest BCUT2D eigenvalue weighted by Gasteiger charge is -2.32. The second kappa shape index (κ2) is 5.82. The Morgan fingerprint density at radius 2 is 2.47 bits per heavy atom. The normalized spacial score (nSPS) is 20.5. The number of hydrogen-bond donors (Lipinski definition) is 1. The van der Waals surface area contributed by atoms with Gasteiger partial charge in [0.2, 0.25) is 5.91 Å². The van der Waals surface area contributed by atoms with E-state index in [0.29, 0.717) is 19.0 Å². The highest BCUT2D eigenvalue weighted by molar-refractivity contribution is 5.76. The van der Waals surface area contributed by atoms with Crippen molar-refractivity contribution in [2.75, 3.05) is 20.1 Å². The fraction of sp³-hybridized carbons (Fsp3) is 0.667. The standard InChI is InChI=1S/C12H20N4O/c1-13-11-4-2-7-15(10-11)12(17)5-9-16-8-3-6-14-16/h3,6,8,11,13H,2,4-5,7,9-10H2,1H3/t11-/m1/s1. The summed E-state index contributed by atoms with van der Waals surface area (Å²) in [5.74, 6) is 0.237. The van der Waals surface area contributed by atoms with Gasteiger partial charge in [-0.25, -0.2) is 0 Å². The largest absolute Gasteiger partial charge is 0.341 e. The first-order chi connectivity index (χ1) is 8.29. The second-order valence-corrected chi connectivity index (χ2v) is 4.49. The number of carbonyl (C=O) groups excluding carboxylic acids is 1. The quantitative estimate of drug-likeness (QED) is 0.827. The van der Waals surface area contributed by atoms with Crippen molar-refractivity contribution >= 4 is 5.91 Å². The number of hydrogen-bond acceptors (Lipinski definition) is 3. The molecule has 0 spiro atoms. The van der Waals surface area contributed by atoms with Gasteiger partial charge in [-0.2, -0.15) is 5.10 Å². The number of aromatic nitrogens is 2. The molecular weight excluding hydrogens is 216 g/mol. The number of carbonyl (C=O) groups is 1. The first-order valence-corrected chi connectivity index (χ1v) is 6.22. The third-order valence-corrected chi connectivity index (χ3v) is 3.30. The predicted molar refractivity (Wildman–Crippen MR) is 65.5 cm³/mol. The molecule has 1 aromatic rings. The maximum absolute atomic E-state index is 12.0. The molecule has 17 heavy (non-hydrogen) atoms. The molecule has 0 aromatic carbocycles. The number of rotatable bonds is 4. The summed E-state index contributed by atoms with van der Waals surface area (Å²) in [7, 11) is 1.96. The van der Waals surface area contributed by atoms with Crippen molar-refractivity contribution < 1.29 is 4.79 Å². The average Bonchev–Trinajstić information content (AvgIpc) is 2.89. The van der Waals surface area contributed by atoms with Gasteiger partial charge in [-0.1, -0.05) is 0 Å². The molecule has 0 radical (unpaired) electrons. The van der Waals surface area contributed by atoms with E-state index in [1.165, 1.54) is 6.42 Å². The number of piperidine rings is 1. The topological polar surface area (TPSA) is 50.2 Å². The summed E-state index contributed by atoms with van der Waals surface area (Å²) in [6.45, 7) is 2.41. The molecule has 5 nitrogen and oxygen atoms in total. The highest BCUT2D eigenvalue weighted by atomic mass is 16.2. The van der Waals surface area contributed by atoms with Gasteiger partial charge in [0.05, 0.1) is 0 Å². The Morgan fingerprint density at radius 1 is 1.59 bits per heavy atom. The van der Waals surface area contributed by atoms with Crippen LogP contribution >= 0.6 is 0 Å². The molecule has 1 saturated heterocycles. The van der Waals surface area contributed by atoms with E-state index >= 15 is 0 Å². The fourth-order valence-corrected chi connectivity index (χ4v) is 2.24. The van der Waals surface area contributed by atoms with Crippen molar-refractivity contribution in [1.29, 1.82) is 0 Å². The zero-order chi connectivity index (χ0) is 12.1. The molecule has 1 fully saturated rings. The zero-order valence-electron chi connectivity index (χ0n) is 10.3. The summed E-state index contributed by atoms with van der Waals surface area (Å²) in [4.78, 5) is 14.0. The van der Waals surface area contributed by atoms with E-state index in [4.69, 9.17) is 0 Å². The molecule has 0 saturated carbocycles. The molecule has 1 amide bonds. The van der Waals surface area contributed by atoms with E-state index in [1.807, 2.05) is 24.2 Å². The van der Waals surface area contributed by atoms with E-state index < -0.39 is 0 Å². The lowest BCUT2D eigenvalue weighted by Crippen LogP contribution is -2.47. The van der Waals surface area contributed by atoms with Crippen LogP contribution in [-0.2, 0) is 11.3 Å². The molecule has 1 N–H and O–H groups in total. The van der Waals surface area contributed by atoms with Crippen molar-refractivity contribution in [1.82, 2.24) is 20.0 Å². The monoisotopic (exact) mass is 236 g/mol. The summed E-state index contributed by atoms with van der Waals surface area (Å²) in [6, 6.07) is 2.33. The third kappa shape index (κ3) is 3.30. The Labute approximate surface area is 102 Å². The van der Waals surface area contributed by atoms with Gasteiger partial charge in [-0.3, -0.25) is 9.48 Å². The van der Waals surface area contributed by atoms with Crippen LogP contribution in [0.1, 0.15) is 19.3 Å². The van der Waals surface area contributed by atoms with E-state index in [0.717, 1.165) is 19.5 Å². The number of nitrogens with one attached hydrogen (secondary N) is 1. The minimum Gasteiger partial charge on any atom is -0.341 e. The number of likely N-dealkylation sites (N-methyl/N-ethyl adjacent to an activating group) is 1. The van der Waals surface area contributed by atoms with Gasteiger partial charge in [0.1, 0.15) is 0 Å². The molecule has 5 heteroatoms. The molecule has 1 atom stereocenters. The first kappa shape index (κ1) is 12.1. The summed E-state index contributed by atoms with van der Waals surface area (Å²) in [5.41, 5.74) is 0. The molecule has 0 unspecified atom stereocenters. The first-order valence-electron chi connectivity index (χ1n) is 6.22. The number of aryl methyl sites for hydroxylation is 1. The molecule has 94 valence electrons.